The maximum atomic E-state index is 12.2. The second-order valence-electron chi connectivity index (χ2n) is 4.34. The van der Waals surface area contributed by atoms with Crippen molar-refractivity contribution in [1.82, 2.24) is 9.78 Å². The molecule has 2 rings (SSSR count). The highest BCUT2D eigenvalue weighted by Gasteiger charge is 2.14. The molecule has 4 nitrogen and oxygen atoms in total. The molecule has 0 saturated heterocycles. The third-order valence-electron chi connectivity index (χ3n) is 2.75. The van der Waals surface area contributed by atoms with E-state index in [9.17, 15) is 4.79 Å². The molecule has 100 valence electrons. The lowest BCUT2D eigenvalue weighted by Crippen LogP contribution is -2.13. The fourth-order valence-electron chi connectivity index (χ4n) is 1.75. The average Bonchev–Trinajstić information content (AvgIpc) is 2.65. The molecule has 19 heavy (non-hydrogen) atoms. The van der Waals surface area contributed by atoms with Crippen LogP contribution in [0.15, 0.2) is 22.8 Å². The lowest BCUT2D eigenvalue weighted by Gasteiger charge is -2.09. The fourth-order valence-corrected chi connectivity index (χ4v) is 2.47. The van der Waals surface area contributed by atoms with Gasteiger partial charge in [-0.15, -0.1) is 0 Å². The fraction of sp³-hybridized carbons (Fsp3) is 0.231. The van der Waals surface area contributed by atoms with E-state index >= 15 is 0 Å². The Morgan fingerprint density at radius 3 is 2.68 bits per heavy atom. The Balaban J connectivity index is 2.29. The van der Waals surface area contributed by atoms with Crippen molar-refractivity contribution in [1.29, 1.82) is 0 Å². The van der Waals surface area contributed by atoms with Crippen LogP contribution < -0.4 is 5.32 Å². The van der Waals surface area contributed by atoms with Gasteiger partial charge in [-0.25, -0.2) is 0 Å². The molecule has 0 unspecified atom stereocenters. The molecule has 0 aliphatic rings. The highest BCUT2D eigenvalue weighted by molar-refractivity contribution is 9.10. The number of carbonyl (C=O) groups is 1. The molecule has 1 amide bonds. The van der Waals surface area contributed by atoms with Crippen molar-refractivity contribution in [2.75, 3.05) is 5.32 Å². The van der Waals surface area contributed by atoms with Crippen LogP contribution in [0.25, 0.3) is 0 Å². The maximum Gasteiger partial charge on any atom is 0.259 e. The molecule has 0 aliphatic carbocycles. The molecule has 0 saturated carbocycles. The Morgan fingerprint density at radius 2 is 2.11 bits per heavy atom. The minimum atomic E-state index is -0.203. The Bertz CT molecular complexity index is 652. The Labute approximate surface area is 124 Å². The Morgan fingerprint density at radius 1 is 1.42 bits per heavy atom. The first-order valence-electron chi connectivity index (χ1n) is 5.65. The molecular weight excluding hydrogens is 330 g/mol. The van der Waals surface area contributed by atoms with Crippen molar-refractivity contribution in [3.05, 3.63) is 44.6 Å². The number of anilines is 1. The SMILES string of the molecule is Cc1cc(Br)c(NC(=O)c2cn(C)nc2C)cc1Cl. The van der Waals surface area contributed by atoms with Gasteiger partial charge in [0.2, 0.25) is 0 Å². The second-order valence-corrected chi connectivity index (χ2v) is 5.60. The van der Waals surface area contributed by atoms with E-state index in [1.165, 1.54) is 0 Å². The zero-order valence-electron chi connectivity index (χ0n) is 10.8. The topological polar surface area (TPSA) is 46.9 Å². The van der Waals surface area contributed by atoms with Gasteiger partial charge in [0, 0.05) is 22.7 Å². The van der Waals surface area contributed by atoms with Gasteiger partial charge < -0.3 is 5.32 Å². The zero-order valence-corrected chi connectivity index (χ0v) is 13.1. The quantitative estimate of drug-likeness (QED) is 0.904. The van der Waals surface area contributed by atoms with Gasteiger partial charge in [-0.05, 0) is 47.5 Å². The number of carbonyl (C=O) groups excluding carboxylic acids is 1. The first-order chi connectivity index (χ1) is 8.88. The number of aryl methyl sites for hydroxylation is 3. The molecule has 0 spiro atoms. The summed E-state index contributed by atoms with van der Waals surface area (Å²) in [6.07, 6.45) is 1.69. The van der Waals surface area contributed by atoms with E-state index in [4.69, 9.17) is 11.6 Å². The predicted molar refractivity (Wildman–Crippen MR) is 79.8 cm³/mol. The molecule has 1 aromatic carbocycles. The molecule has 0 fully saturated rings. The summed E-state index contributed by atoms with van der Waals surface area (Å²) in [5.41, 5.74) is 2.83. The van der Waals surface area contributed by atoms with Crippen molar-refractivity contribution in [2.24, 2.45) is 7.05 Å². The van der Waals surface area contributed by atoms with Crippen molar-refractivity contribution in [2.45, 2.75) is 13.8 Å². The molecule has 6 heteroatoms. The molecular formula is C13H13BrClN3O. The van der Waals surface area contributed by atoms with Crippen molar-refractivity contribution >= 4 is 39.1 Å². The molecule has 1 N–H and O–H groups in total. The molecule has 0 atom stereocenters. The van der Waals surface area contributed by atoms with Gasteiger partial charge in [-0.1, -0.05) is 11.6 Å². The molecule has 0 radical (unpaired) electrons. The van der Waals surface area contributed by atoms with E-state index in [-0.39, 0.29) is 5.91 Å². The number of amides is 1. The van der Waals surface area contributed by atoms with Crippen molar-refractivity contribution in [3.63, 3.8) is 0 Å². The zero-order chi connectivity index (χ0) is 14.2. The van der Waals surface area contributed by atoms with Crippen LogP contribution in [0.2, 0.25) is 5.02 Å². The van der Waals surface area contributed by atoms with Gasteiger partial charge in [0.05, 0.1) is 16.9 Å². The van der Waals surface area contributed by atoms with E-state index in [1.54, 1.807) is 30.9 Å². The second kappa shape index (κ2) is 5.35. The number of hydrogen-bond acceptors (Lipinski definition) is 2. The van der Waals surface area contributed by atoms with Crippen molar-refractivity contribution in [3.8, 4) is 0 Å². The third kappa shape index (κ3) is 2.98. The Hall–Kier alpha value is -1.33. The average molecular weight is 343 g/mol. The monoisotopic (exact) mass is 341 g/mol. The summed E-state index contributed by atoms with van der Waals surface area (Å²) in [5, 5.41) is 7.58. The molecule has 0 bridgehead atoms. The van der Waals surface area contributed by atoms with E-state index in [0.717, 1.165) is 10.0 Å². The standard InChI is InChI=1S/C13H13BrClN3O/c1-7-4-10(14)12(5-11(7)15)16-13(19)9-6-18(3)17-8(9)2/h4-6H,1-3H3,(H,16,19). The van der Waals surface area contributed by atoms with Crippen LogP contribution in [-0.2, 0) is 7.05 Å². The molecule has 1 aromatic heterocycles. The van der Waals surface area contributed by atoms with Gasteiger partial charge in [-0.2, -0.15) is 5.10 Å². The summed E-state index contributed by atoms with van der Waals surface area (Å²) in [7, 11) is 1.78. The van der Waals surface area contributed by atoms with Crippen LogP contribution in [0, 0.1) is 13.8 Å². The number of hydrogen-bond donors (Lipinski definition) is 1. The first-order valence-corrected chi connectivity index (χ1v) is 6.83. The smallest absolute Gasteiger partial charge is 0.259 e. The number of nitrogens with zero attached hydrogens (tertiary/aromatic N) is 2. The van der Waals surface area contributed by atoms with Gasteiger partial charge in [0.1, 0.15) is 0 Å². The van der Waals surface area contributed by atoms with Crippen LogP contribution in [0.3, 0.4) is 0 Å². The first kappa shape index (κ1) is 14.1. The number of aromatic nitrogens is 2. The summed E-state index contributed by atoms with van der Waals surface area (Å²) in [4.78, 5) is 12.2. The van der Waals surface area contributed by atoms with Gasteiger partial charge in [0.25, 0.3) is 5.91 Å². The molecule has 1 heterocycles. The highest BCUT2D eigenvalue weighted by Crippen LogP contribution is 2.29. The summed E-state index contributed by atoms with van der Waals surface area (Å²) >= 11 is 9.47. The van der Waals surface area contributed by atoms with Crippen LogP contribution in [0.1, 0.15) is 21.6 Å². The maximum absolute atomic E-state index is 12.2. The molecule has 2 aromatic rings. The normalized spacial score (nSPS) is 10.6. The van der Waals surface area contributed by atoms with Gasteiger partial charge >= 0.3 is 0 Å². The van der Waals surface area contributed by atoms with E-state index in [1.807, 2.05) is 13.0 Å². The van der Waals surface area contributed by atoms with E-state index in [0.29, 0.717) is 22.0 Å². The highest BCUT2D eigenvalue weighted by atomic mass is 79.9. The lowest BCUT2D eigenvalue weighted by atomic mass is 10.2. The van der Waals surface area contributed by atoms with Crippen LogP contribution in [0.5, 0.6) is 0 Å². The number of rotatable bonds is 2. The summed E-state index contributed by atoms with van der Waals surface area (Å²) in [6, 6.07) is 3.60. The van der Waals surface area contributed by atoms with Gasteiger partial charge in [0.15, 0.2) is 0 Å². The summed E-state index contributed by atoms with van der Waals surface area (Å²) in [5.74, 6) is -0.203. The van der Waals surface area contributed by atoms with Crippen LogP contribution >= 0.6 is 27.5 Å². The van der Waals surface area contributed by atoms with E-state index in [2.05, 4.69) is 26.3 Å². The van der Waals surface area contributed by atoms with Crippen LogP contribution in [-0.4, -0.2) is 15.7 Å². The lowest BCUT2D eigenvalue weighted by molar-refractivity contribution is 0.102. The predicted octanol–water partition coefficient (Wildman–Crippen LogP) is 3.71. The third-order valence-corrected chi connectivity index (χ3v) is 3.82. The largest absolute Gasteiger partial charge is 0.321 e. The molecule has 0 aliphatic heterocycles. The van der Waals surface area contributed by atoms with E-state index < -0.39 is 0 Å². The number of halogens is 2. The van der Waals surface area contributed by atoms with Gasteiger partial charge in [-0.3, -0.25) is 9.48 Å². The number of nitrogens with one attached hydrogen (secondary N) is 1. The summed E-state index contributed by atoms with van der Waals surface area (Å²) < 4.78 is 2.41. The van der Waals surface area contributed by atoms with Crippen LogP contribution in [0.4, 0.5) is 5.69 Å². The van der Waals surface area contributed by atoms with Crippen molar-refractivity contribution < 1.29 is 4.79 Å². The minimum absolute atomic E-state index is 0.203. The minimum Gasteiger partial charge on any atom is -0.321 e. The Kier molecular flexibility index (Phi) is 3.96. The summed E-state index contributed by atoms with van der Waals surface area (Å²) in [6.45, 7) is 3.70. The number of benzene rings is 1.